The number of hydrazone groups is 1. The van der Waals surface area contributed by atoms with Crippen molar-refractivity contribution < 1.29 is 24.1 Å². The van der Waals surface area contributed by atoms with E-state index in [1.165, 1.54) is 26.5 Å². The van der Waals surface area contributed by atoms with E-state index >= 15 is 0 Å². The van der Waals surface area contributed by atoms with E-state index in [1.807, 2.05) is 0 Å². The van der Waals surface area contributed by atoms with Crippen molar-refractivity contribution in [2.24, 2.45) is 5.10 Å². The van der Waals surface area contributed by atoms with Gasteiger partial charge in [0, 0.05) is 16.1 Å². The van der Waals surface area contributed by atoms with Gasteiger partial charge in [-0.05, 0) is 30.3 Å². The molecule has 0 heterocycles. The third kappa shape index (κ3) is 5.39. The molecule has 1 amide bonds. The summed E-state index contributed by atoms with van der Waals surface area (Å²) in [5.74, 6) is 1.02. The van der Waals surface area contributed by atoms with E-state index in [0.29, 0.717) is 22.8 Å². The number of methoxy groups -OCH3 is 2. The zero-order valence-corrected chi connectivity index (χ0v) is 15.2. The van der Waals surface area contributed by atoms with Crippen LogP contribution in [-0.4, -0.2) is 38.1 Å². The van der Waals surface area contributed by atoms with E-state index in [1.54, 1.807) is 30.3 Å². The minimum Gasteiger partial charge on any atom is -0.507 e. The zero-order chi connectivity index (χ0) is 18.2. The number of phenolic OH excluding ortho intramolecular Hbond substituents is 1. The maximum atomic E-state index is 11.8. The molecule has 132 valence electrons. The van der Waals surface area contributed by atoms with Gasteiger partial charge in [-0.25, -0.2) is 5.43 Å². The Morgan fingerprint density at radius 3 is 2.68 bits per heavy atom. The van der Waals surface area contributed by atoms with Gasteiger partial charge in [-0.2, -0.15) is 5.10 Å². The number of nitrogens with one attached hydrogen (secondary N) is 1. The van der Waals surface area contributed by atoms with Crippen LogP contribution in [0.15, 0.2) is 46.0 Å². The number of hydrogen-bond acceptors (Lipinski definition) is 6. The first-order valence-electron chi connectivity index (χ1n) is 7.18. The molecule has 0 aliphatic heterocycles. The number of benzene rings is 2. The Morgan fingerprint density at radius 1 is 1.20 bits per heavy atom. The van der Waals surface area contributed by atoms with Gasteiger partial charge in [0.25, 0.3) is 5.91 Å². The van der Waals surface area contributed by atoms with Crippen molar-refractivity contribution in [2.75, 3.05) is 20.8 Å². The molecular weight excluding hydrogens is 392 g/mol. The van der Waals surface area contributed by atoms with Gasteiger partial charge in [0.05, 0.1) is 20.4 Å². The first kappa shape index (κ1) is 18.6. The number of aromatic hydroxyl groups is 1. The number of halogens is 1. The molecule has 2 aromatic rings. The molecule has 0 aliphatic carbocycles. The van der Waals surface area contributed by atoms with Crippen molar-refractivity contribution in [3.8, 4) is 23.0 Å². The molecule has 0 atom stereocenters. The summed E-state index contributed by atoms with van der Waals surface area (Å²) in [6.45, 7) is -0.232. The molecule has 2 aromatic carbocycles. The van der Waals surface area contributed by atoms with Gasteiger partial charge < -0.3 is 19.3 Å². The van der Waals surface area contributed by atoms with Gasteiger partial charge in [0.2, 0.25) is 0 Å². The van der Waals surface area contributed by atoms with Crippen molar-refractivity contribution in [3.05, 3.63) is 46.4 Å². The minimum atomic E-state index is -0.450. The number of nitrogens with zero attached hydrogens (tertiary/aromatic N) is 1. The van der Waals surface area contributed by atoms with Crippen molar-refractivity contribution >= 4 is 28.1 Å². The van der Waals surface area contributed by atoms with Crippen LogP contribution in [0, 0.1) is 0 Å². The molecule has 0 saturated carbocycles. The summed E-state index contributed by atoms with van der Waals surface area (Å²) in [6.07, 6.45) is 1.33. The third-order valence-electron chi connectivity index (χ3n) is 3.11. The largest absolute Gasteiger partial charge is 0.507 e. The number of carbonyl (C=O) groups excluding carboxylic acids is 1. The number of rotatable bonds is 7. The normalized spacial score (nSPS) is 10.5. The van der Waals surface area contributed by atoms with Crippen LogP contribution < -0.4 is 19.6 Å². The molecule has 8 heteroatoms. The molecule has 0 aromatic heterocycles. The topological polar surface area (TPSA) is 89.4 Å². The maximum absolute atomic E-state index is 11.8. The molecule has 0 saturated heterocycles. The average Bonchev–Trinajstić information content (AvgIpc) is 2.61. The van der Waals surface area contributed by atoms with E-state index in [0.717, 1.165) is 4.47 Å². The molecule has 2 N–H and O–H groups in total. The Bertz CT molecular complexity index is 780. The first-order valence-corrected chi connectivity index (χ1v) is 7.98. The van der Waals surface area contributed by atoms with Crippen LogP contribution in [0.1, 0.15) is 5.56 Å². The molecule has 0 aliphatic rings. The fraction of sp³-hybridized carbons (Fsp3) is 0.176. The van der Waals surface area contributed by atoms with E-state index < -0.39 is 5.91 Å². The van der Waals surface area contributed by atoms with Crippen LogP contribution in [0.4, 0.5) is 0 Å². The van der Waals surface area contributed by atoms with Gasteiger partial charge in [-0.1, -0.05) is 15.9 Å². The summed E-state index contributed by atoms with van der Waals surface area (Å²) in [6, 6.07) is 9.94. The maximum Gasteiger partial charge on any atom is 0.277 e. The number of ether oxygens (including phenoxy) is 3. The van der Waals surface area contributed by atoms with Crippen molar-refractivity contribution in [1.29, 1.82) is 0 Å². The molecule has 0 spiro atoms. The summed E-state index contributed by atoms with van der Waals surface area (Å²) in [5.41, 5.74) is 2.76. The van der Waals surface area contributed by atoms with Gasteiger partial charge in [0.15, 0.2) is 18.1 Å². The summed E-state index contributed by atoms with van der Waals surface area (Å²) < 4.78 is 16.4. The van der Waals surface area contributed by atoms with Gasteiger partial charge in [0.1, 0.15) is 11.5 Å². The van der Waals surface area contributed by atoms with Crippen molar-refractivity contribution in [3.63, 3.8) is 0 Å². The van der Waals surface area contributed by atoms with Crippen LogP contribution in [-0.2, 0) is 4.79 Å². The molecule has 0 fully saturated rings. The monoisotopic (exact) mass is 408 g/mol. The Balaban J connectivity index is 1.89. The van der Waals surface area contributed by atoms with Gasteiger partial charge in [-0.3, -0.25) is 4.79 Å². The molecule has 7 nitrogen and oxygen atoms in total. The van der Waals surface area contributed by atoms with Crippen molar-refractivity contribution in [1.82, 2.24) is 5.43 Å². The van der Waals surface area contributed by atoms with E-state index in [9.17, 15) is 9.90 Å². The highest BCUT2D eigenvalue weighted by atomic mass is 79.9. The second-order valence-electron chi connectivity index (χ2n) is 4.80. The lowest BCUT2D eigenvalue weighted by molar-refractivity contribution is -0.123. The van der Waals surface area contributed by atoms with E-state index in [2.05, 4.69) is 26.5 Å². The Kier molecular flexibility index (Phi) is 6.64. The quantitative estimate of drug-likeness (QED) is 0.542. The standard InChI is InChI=1S/C17H17BrN2O5/c1-23-13-5-3-11(14(21)8-13)9-19-20-17(22)10-25-15-6-4-12(18)7-16(15)24-2/h3-9,21H,10H2,1-2H3,(H,20,22)/b19-9+. The Hall–Kier alpha value is -2.74. The lowest BCUT2D eigenvalue weighted by atomic mass is 10.2. The third-order valence-corrected chi connectivity index (χ3v) is 3.61. The summed E-state index contributed by atoms with van der Waals surface area (Å²) in [5, 5.41) is 13.6. The number of amides is 1. The van der Waals surface area contributed by atoms with Gasteiger partial charge >= 0.3 is 0 Å². The molecule has 2 rings (SSSR count). The summed E-state index contributed by atoms with van der Waals surface area (Å²) in [4.78, 5) is 11.8. The van der Waals surface area contributed by atoms with Crippen LogP contribution in [0.25, 0.3) is 0 Å². The number of phenols is 1. The molecule has 25 heavy (non-hydrogen) atoms. The average molecular weight is 409 g/mol. The predicted octanol–water partition coefficient (Wildman–Crippen LogP) is 2.70. The molecule has 0 bridgehead atoms. The second-order valence-corrected chi connectivity index (χ2v) is 5.72. The first-order chi connectivity index (χ1) is 12.0. The molecule has 0 unspecified atom stereocenters. The lowest BCUT2D eigenvalue weighted by Crippen LogP contribution is -2.24. The van der Waals surface area contributed by atoms with Crippen LogP contribution in [0.5, 0.6) is 23.0 Å². The van der Waals surface area contributed by atoms with Crippen molar-refractivity contribution in [2.45, 2.75) is 0 Å². The lowest BCUT2D eigenvalue weighted by Gasteiger charge is -2.10. The molecule has 0 radical (unpaired) electrons. The van der Waals surface area contributed by atoms with E-state index in [-0.39, 0.29) is 12.4 Å². The highest BCUT2D eigenvalue weighted by Crippen LogP contribution is 2.30. The van der Waals surface area contributed by atoms with Crippen LogP contribution >= 0.6 is 15.9 Å². The smallest absolute Gasteiger partial charge is 0.277 e. The highest BCUT2D eigenvalue weighted by Gasteiger charge is 2.08. The summed E-state index contributed by atoms with van der Waals surface area (Å²) in [7, 11) is 3.02. The predicted molar refractivity (Wildman–Crippen MR) is 96.6 cm³/mol. The second kappa shape index (κ2) is 8.93. The highest BCUT2D eigenvalue weighted by molar-refractivity contribution is 9.10. The number of hydrogen-bond donors (Lipinski definition) is 2. The molecular formula is C17H17BrN2O5. The summed E-state index contributed by atoms with van der Waals surface area (Å²) >= 11 is 3.33. The zero-order valence-electron chi connectivity index (χ0n) is 13.7. The Morgan fingerprint density at radius 2 is 2.00 bits per heavy atom. The Labute approximate surface area is 153 Å². The van der Waals surface area contributed by atoms with Crippen LogP contribution in [0.3, 0.4) is 0 Å². The SMILES string of the molecule is COc1ccc(/C=N/NC(=O)COc2ccc(Br)cc2OC)c(O)c1. The fourth-order valence-electron chi connectivity index (χ4n) is 1.87. The van der Waals surface area contributed by atoms with E-state index in [4.69, 9.17) is 14.2 Å². The fourth-order valence-corrected chi connectivity index (χ4v) is 2.21. The number of carbonyl (C=O) groups is 1. The van der Waals surface area contributed by atoms with Crippen LogP contribution in [0.2, 0.25) is 0 Å². The minimum absolute atomic E-state index is 0.00630. The van der Waals surface area contributed by atoms with Gasteiger partial charge in [-0.15, -0.1) is 0 Å².